The Morgan fingerprint density at radius 3 is 2.57 bits per heavy atom. The molecule has 21 heavy (non-hydrogen) atoms. The molecule has 0 spiro atoms. The van der Waals surface area contributed by atoms with E-state index < -0.39 is 0 Å². The van der Waals surface area contributed by atoms with Gasteiger partial charge in [0.05, 0.1) is 23.4 Å². The van der Waals surface area contributed by atoms with Gasteiger partial charge in [0.15, 0.2) is 11.4 Å². The van der Waals surface area contributed by atoms with Gasteiger partial charge in [-0.15, -0.1) is 0 Å². The Balaban J connectivity index is 2.01. The second-order valence-corrected chi connectivity index (χ2v) is 5.31. The molecule has 0 amide bonds. The molecule has 6 heteroatoms. The van der Waals surface area contributed by atoms with E-state index in [0.29, 0.717) is 25.6 Å². The number of fused-ring (bicyclic) bond motifs is 1. The van der Waals surface area contributed by atoms with E-state index in [2.05, 4.69) is 9.97 Å². The fourth-order valence-electron chi connectivity index (χ4n) is 1.95. The molecule has 5 nitrogen and oxygen atoms in total. The van der Waals surface area contributed by atoms with Crippen LogP contribution in [0, 0.1) is 0 Å². The molecule has 0 radical (unpaired) electrons. The molecule has 0 fully saturated rings. The number of hydrogen-bond acceptors (Lipinski definition) is 5. The first-order chi connectivity index (χ1) is 10.3. The number of rotatable bonds is 9. The smallest absolute Gasteiger partial charge is 0.166 e. The van der Waals surface area contributed by atoms with Crippen molar-refractivity contribution in [3.63, 3.8) is 0 Å². The molecule has 1 aromatic heterocycles. The molecule has 1 heterocycles. The van der Waals surface area contributed by atoms with Crippen LogP contribution < -0.4 is 4.74 Å². The summed E-state index contributed by atoms with van der Waals surface area (Å²) in [6.07, 6.45) is -0.197. The summed E-state index contributed by atoms with van der Waals surface area (Å²) in [4.78, 5) is 7.85. The predicted octanol–water partition coefficient (Wildman–Crippen LogP) is 3.45. The molecule has 0 unspecified atom stereocenters. The zero-order valence-electron chi connectivity index (χ0n) is 12.7. The van der Waals surface area contributed by atoms with E-state index in [-0.39, 0.29) is 6.29 Å². The van der Waals surface area contributed by atoms with E-state index in [1.165, 1.54) is 0 Å². The molecule has 0 bridgehead atoms. The lowest BCUT2D eigenvalue weighted by Gasteiger charge is -2.15. The van der Waals surface area contributed by atoms with Gasteiger partial charge in [-0.05, 0) is 32.9 Å². The Morgan fingerprint density at radius 2 is 1.90 bits per heavy atom. The number of imidazole rings is 1. The Morgan fingerprint density at radius 1 is 1.14 bits per heavy atom. The van der Waals surface area contributed by atoms with Gasteiger partial charge < -0.3 is 19.2 Å². The molecule has 0 saturated carbocycles. The van der Waals surface area contributed by atoms with Gasteiger partial charge in [0, 0.05) is 19.3 Å². The van der Waals surface area contributed by atoms with Gasteiger partial charge in [-0.25, -0.2) is 4.98 Å². The molecule has 1 N–H and O–H groups in total. The molecule has 0 atom stereocenters. The number of nitrogens with zero attached hydrogens (tertiary/aromatic N) is 1. The summed E-state index contributed by atoms with van der Waals surface area (Å²) in [6, 6.07) is 5.88. The SMILES string of the molecule is CCOc1ccc2[nH]c(SCC(OCC)OCC)nc2c1. The lowest BCUT2D eigenvalue weighted by Crippen LogP contribution is -2.20. The molecule has 0 saturated heterocycles. The summed E-state index contributed by atoms with van der Waals surface area (Å²) in [5.41, 5.74) is 1.91. The van der Waals surface area contributed by atoms with Gasteiger partial charge in [-0.2, -0.15) is 0 Å². The summed E-state index contributed by atoms with van der Waals surface area (Å²) < 4.78 is 16.5. The fraction of sp³-hybridized carbons (Fsp3) is 0.533. The molecule has 1 aromatic carbocycles. The minimum atomic E-state index is -0.197. The van der Waals surface area contributed by atoms with Crippen molar-refractivity contribution in [1.82, 2.24) is 9.97 Å². The first-order valence-electron chi connectivity index (χ1n) is 7.25. The van der Waals surface area contributed by atoms with Crippen LogP contribution >= 0.6 is 11.8 Å². The van der Waals surface area contributed by atoms with Crippen molar-refractivity contribution in [2.45, 2.75) is 32.2 Å². The quantitative estimate of drug-likeness (QED) is 0.568. The molecule has 0 aliphatic rings. The first kappa shape index (κ1) is 16.1. The van der Waals surface area contributed by atoms with Gasteiger partial charge in [-0.1, -0.05) is 11.8 Å². The van der Waals surface area contributed by atoms with E-state index in [9.17, 15) is 0 Å². The van der Waals surface area contributed by atoms with Crippen LogP contribution in [-0.2, 0) is 9.47 Å². The third kappa shape index (κ3) is 4.62. The maximum atomic E-state index is 5.52. The predicted molar refractivity (Wildman–Crippen MR) is 85.0 cm³/mol. The van der Waals surface area contributed by atoms with Crippen LogP contribution in [0.2, 0.25) is 0 Å². The largest absolute Gasteiger partial charge is 0.494 e. The number of aromatic amines is 1. The summed E-state index contributed by atoms with van der Waals surface area (Å²) in [5.74, 6) is 1.55. The van der Waals surface area contributed by atoms with Crippen molar-refractivity contribution in [1.29, 1.82) is 0 Å². The summed E-state index contributed by atoms with van der Waals surface area (Å²) in [7, 11) is 0. The lowest BCUT2D eigenvalue weighted by atomic mass is 10.3. The van der Waals surface area contributed by atoms with E-state index in [1.54, 1.807) is 11.8 Å². The number of benzene rings is 1. The normalized spacial score (nSPS) is 11.4. The summed E-state index contributed by atoms with van der Waals surface area (Å²) in [6.45, 7) is 7.84. The average Bonchev–Trinajstić information content (AvgIpc) is 2.88. The Hall–Kier alpha value is -1.24. The van der Waals surface area contributed by atoms with Gasteiger partial charge >= 0.3 is 0 Å². The minimum Gasteiger partial charge on any atom is -0.494 e. The van der Waals surface area contributed by atoms with E-state index in [4.69, 9.17) is 14.2 Å². The van der Waals surface area contributed by atoms with Crippen LogP contribution in [-0.4, -0.2) is 41.8 Å². The fourth-order valence-corrected chi connectivity index (χ4v) is 2.78. The maximum Gasteiger partial charge on any atom is 0.166 e. The van der Waals surface area contributed by atoms with Crippen molar-refractivity contribution in [2.75, 3.05) is 25.6 Å². The van der Waals surface area contributed by atoms with Gasteiger partial charge in [-0.3, -0.25) is 0 Å². The van der Waals surface area contributed by atoms with Crippen molar-refractivity contribution in [2.24, 2.45) is 0 Å². The first-order valence-corrected chi connectivity index (χ1v) is 8.23. The number of nitrogens with one attached hydrogen (secondary N) is 1. The number of thioether (sulfide) groups is 1. The van der Waals surface area contributed by atoms with Gasteiger partial charge in [0.1, 0.15) is 5.75 Å². The highest BCUT2D eigenvalue weighted by Crippen LogP contribution is 2.24. The van der Waals surface area contributed by atoms with Crippen LogP contribution in [0.4, 0.5) is 0 Å². The second kappa shape index (κ2) is 8.26. The third-order valence-electron chi connectivity index (χ3n) is 2.81. The van der Waals surface area contributed by atoms with Crippen LogP contribution in [0.5, 0.6) is 5.75 Å². The van der Waals surface area contributed by atoms with Crippen molar-refractivity contribution >= 4 is 22.8 Å². The third-order valence-corrected chi connectivity index (χ3v) is 3.71. The van der Waals surface area contributed by atoms with E-state index in [0.717, 1.165) is 21.9 Å². The highest BCUT2D eigenvalue weighted by atomic mass is 32.2. The number of hydrogen-bond donors (Lipinski definition) is 1. The van der Waals surface area contributed by atoms with Gasteiger partial charge in [0.2, 0.25) is 0 Å². The molecule has 0 aliphatic carbocycles. The Bertz CT molecular complexity index is 553. The molecular weight excluding hydrogens is 288 g/mol. The minimum absolute atomic E-state index is 0.197. The number of aromatic nitrogens is 2. The highest BCUT2D eigenvalue weighted by molar-refractivity contribution is 7.99. The molecule has 0 aliphatic heterocycles. The highest BCUT2D eigenvalue weighted by Gasteiger charge is 2.11. The van der Waals surface area contributed by atoms with Crippen molar-refractivity contribution in [3.05, 3.63) is 18.2 Å². The lowest BCUT2D eigenvalue weighted by molar-refractivity contribution is -0.120. The van der Waals surface area contributed by atoms with Crippen LogP contribution in [0.3, 0.4) is 0 Å². The van der Waals surface area contributed by atoms with E-state index >= 15 is 0 Å². The van der Waals surface area contributed by atoms with Crippen LogP contribution in [0.1, 0.15) is 20.8 Å². The van der Waals surface area contributed by atoms with Crippen molar-refractivity contribution < 1.29 is 14.2 Å². The average molecular weight is 310 g/mol. The molecule has 2 aromatic rings. The zero-order chi connectivity index (χ0) is 15.1. The van der Waals surface area contributed by atoms with Crippen LogP contribution in [0.15, 0.2) is 23.4 Å². The number of H-pyrrole nitrogens is 1. The monoisotopic (exact) mass is 310 g/mol. The zero-order valence-corrected chi connectivity index (χ0v) is 13.5. The Kier molecular flexibility index (Phi) is 6.35. The van der Waals surface area contributed by atoms with E-state index in [1.807, 2.05) is 39.0 Å². The summed E-state index contributed by atoms with van der Waals surface area (Å²) in [5, 5.41) is 0.864. The number of ether oxygens (including phenoxy) is 3. The topological polar surface area (TPSA) is 56.4 Å². The Labute approximate surface area is 129 Å². The van der Waals surface area contributed by atoms with Crippen molar-refractivity contribution in [3.8, 4) is 5.75 Å². The summed E-state index contributed by atoms with van der Waals surface area (Å²) >= 11 is 1.60. The maximum absolute atomic E-state index is 5.52. The standard InChI is InChI=1S/C15H22N2O3S/c1-4-18-11-7-8-12-13(9-11)17-15(16-12)21-10-14(19-5-2)20-6-3/h7-9,14H,4-6,10H2,1-3H3,(H,16,17). The molecule has 2 rings (SSSR count). The van der Waals surface area contributed by atoms with Crippen LogP contribution in [0.25, 0.3) is 11.0 Å². The second-order valence-electron chi connectivity index (χ2n) is 4.31. The molecular formula is C15H22N2O3S. The molecule has 116 valence electrons. The van der Waals surface area contributed by atoms with Gasteiger partial charge in [0.25, 0.3) is 0 Å².